The molecular weight excluding hydrogens is 256 g/mol. The van der Waals surface area contributed by atoms with E-state index in [2.05, 4.69) is 10.6 Å². The van der Waals surface area contributed by atoms with E-state index < -0.39 is 0 Å². The van der Waals surface area contributed by atoms with Crippen LogP contribution in [0.5, 0.6) is 0 Å². The molecule has 2 amide bonds. The van der Waals surface area contributed by atoms with Crippen molar-refractivity contribution in [1.82, 2.24) is 9.88 Å². The normalized spacial score (nSPS) is 10.6. The number of hydrogen-bond acceptors (Lipinski definition) is 3. The molecule has 6 nitrogen and oxygen atoms in total. The number of aromatic nitrogens is 1. The van der Waals surface area contributed by atoms with Crippen molar-refractivity contribution in [3.05, 3.63) is 30.1 Å². The molecule has 1 aromatic heterocycles. The van der Waals surface area contributed by atoms with Crippen LogP contribution in [-0.2, 0) is 11.8 Å². The number of carbonyl (C=O) groups excluding carboxylic acids is 2. The van der Waals surface area contributed by atoms with Gasteiger partial charge in [-0.25, -0.2) is 0 Å². The van der Waals surface area contributed by atoms with Crippen LogP contribution < -0.4 is 10.6 Å². The summed E-state index contributed by atoms with van der Waals surface area (Å²) in [6.07, 6.45) is 5.27. The summed E-state index contributed by atoms with van der Waals surface area (Å²) >= 11 is 0. The standard InChI is InChI=1S/C14H20N4O2/c1-4-5-13(19)17-11-8-12(18(3)9-11)14(20)16-7-6-10(2)15/h4-5,8-9,15H,6-7H2,1-3H3,(H,16,20)(H,17,19)/b5-4+,15-10?. The summed E-state index contributed by atoms with van der Waals surface area (Å²) in [6.45, 7) is 3.89. The van der Waals surface area contributed by atoms with Crippen LogP contribution in [0.3, 0.4) is 0 Å². The van der Waals surface area contributed by atoms with E-state index in [1.54, 1.807) is 43.8 Å². The van der Waals surface area contributed by atoms with Gasteiger partial charge in [-0.2, -0.15) is 0 Å². The number of anilines is 1. The first-order chi connectivity index (χ1) is 9.43. The Morgan fingerprint density at radius 2 is 2.15 bits per heavy atom. The van der Waals surface area contributed by atoms with Crippen molar-refractivity contribution >= 4 is 23.2 Å². The Morgan fingerprint density at radius 3 is 2.75 bits per heavy atom. The Labute approximate surface area is 118 Å². The highest BCUT2D eigenvalue weighted by Crippen LogP contribution is 2.12. The van der Waals surface area contributed by atoms with Gasteiger partial charge in [0.1, 0.15) is 5.69 Å². The Kier molecular flexibility index (Phi) is 5.71. The van der Waals surface area contributed by atoms with E-state index in [9.17, 15) is 9.59 Å². The first-order valence-electron chi connectivity index (χ1n) is 6.36. The highest BCUT2D eigenvalue weighted by atomic mass is 16.2. The van der Waals surface area contributed by atoms with Gasteiger partial charge in [-0.05, 0) is 26.0 Å². The zero-order valence-corrected chi connectivity index (χ0v) is 12.0. The molecule has 0 saturated carbocycles. The van der Waals surface area contributed by atoms with E-state index in [1.165, 1.54) is 6.08 Å². The molecule has 0 saturated heterocycles. The van der Waals surface area contributed by atoms with Crippen molar-refractivity contribution in [1.29, 1.82) is 5.41 Å². The first kappa shape index (κ1) is 15.7. The van der Waals surface area contributed by atoms with Crippen LogP contribution in [0, 0.1) is 5.41 Å². The summed E-state index contributed by atoms with van der Waals surface area (Å²) in [5, 5.41) is 12.7. The molecule has 1 rings (SSSR count). The molecule has 0 bridgehead atoms. The average molecular weight is 276 g/mol. The molecule has 0 radical (unpaired) electrons. The van der Waals surface area contributed by atoms with E-state index >= 15 is 0 Å². The van der Waals surface area contributed by atoms with Gasteiger partial charge < -0.3 is 20.6 Å². The Balaban J connectivity index is 2.67. The van der Waals surface area contributed by atoms with Crippen LogP contribution in [0.1, 0.15) is 30.8 Å². The molecule has 3 N–H and O–H groups in total. The number of amides is 2. The summed E-state index contributed by atoms with van der Waals surface area (Å²) in [4.78, 5) is 23.4. The van der Waals surface area contributed by atoms with Crippen LogP contribution >= 0.6 is 0 Å². The monoisotopic (exact) mass is 276 g/mol. The molecular formula is C14H20N4O2. The summed E-state index contributed by atoms with van der Waals surface area (Å²) in [7, 11) is 1.74. The van der Waals surface area contributed by atoms with Gasteiger partial charge in [0.15, 0.2) is 0 Å². The third-order valence-corrected chi connectivity index (χ3v) is 2.61. The summed E-state index contributed by atoms with van der Waals surface area (Å²) in [6, 6.07) is 1.62. The molecule has 1 heterocycles. The quantitative estimate of drug-likeness (QED) is 0.545. The highest BCUT2D eigenvalue weighted by Gasteiger charge is 2.12. The van der Waals surface area contributed by atoms with Crippen LogP contribution in [0.15, 0.2) is 24.4 Å². The summed E-state index contributed by atoms with van der Waals surface area (Å²) in [5.41, 5.74) is 1.56. The maximum atomic E-state index is 11.9. The number of rotatable bonds is 6. The van der Waals surface area contributed by atoms with Crippen molar-refractivity contribution in [2.45, 2.75) is 20.3 Å². The van der Waals surface area contributed by atoms with Crippen LogP contribution in [0.2, 0.25) is 0 Å². The number of allylic oxidation sites excluding steroid dienone is 1. The Bertz CT molecular complexity index is 543. The minimum Gasteiger partial charge on any atom is -0.350 e. The zero-order chi connectivity index (χ0) is 15.1. The second-order valence-corrected chi connectivity index (χ2v) is 4.50. The number of hydrogen-bond donors (Lipinski definition) is 3. The fourth-order valence-electron chi connectivity index (χ4n) is 1.65. The summed E-state index contributed by atoms with van der Waals surface area (Å²) < 4.78 is 1.65. The third kappa shape index (κ3) is 4.72. The molecule has 0 fully saturated rings. The van der Waals surface area contributed by atoms with Gasteiger partial charge in [-0.3, -0.25) is 9.59 Å². The van der Waals surface area contributed by atoms with Crippen molar-refractivity contribution in [3.63, 3.8) is 0 Å². The molecule has 20 heavy (non-hydrogen) atoms. The molecule has 0 unspecified atom stereocenters. The minimum absolute atomic E-state index is 0.222. The fraction of sp³-hybridized carbons (Fsp3) is 0.357. The van der Waals surface area contributed by atoms with E-state index in [0.717, 1.165) is 0 Å². The second-order valence-electron chi connectivity index (χ2n) is 4.50. The smallest absolute Gasteiger partial charge is 0.267 e. The largest absolute Gasteiger partial charge is 0.350 e. The van der Waals surface area contributed by atoms with Gasteiger partial charge in [-0.15, -0.1) is 0 Å². The first-order valence-corrected chi connectivity index (χ1v) is 6.36. The lowest BCUT2D eigenvalue weighted by Gasteiger charge is -2.04. The minimum atomic E-state index is -0.232. The molecule has 0 aliphatic rings. The van der Waals surface area contributed by atoms with Crippen molar-refractivity contribution in [2.75, 3.05) is 11.9 Å². The van der Waals surface area contributed by atoms with E-state index in [1.807, 2.05) is 0 Å². The molecule has 6 heteroatoms. The molecule has 0 aliphatic heterocycles. The van der Waals surface area contributed by atoms with Gasteiger partial charge in [-0.1, -0.05) is 6.08 Å². The fourth-order valence-corrected chi connectivity index (χ4v) is 1.65. The van der Waals surface area contributed by atoms with Crippen molar-refractivity contribution < 1.29 is 9.59 Å². The molecule has 0 aromatic carbocycles. The lowest BCUT2D eigenvalue weighted by atomic mass is 10.3. The zero-order valence-electron chi connectivity index (χ0n) is 12.0. The van der Waals surface area contributed by atoms with Gasteiger partial charge in [0, 0.05) is 31.9 Å². The molecule has 0 aliphatic carbocycles. The van der Waals surface area contributed by atoms with E-state index in [4.69, 9.17) is 5.41 Å². The lowest BCUT2D eigenvalue weighted by Crippen LogP contribution is -2.27. The van der Waals surface area contributed by atoms with E-state index in [-0.39, 0.29) is 11.8 Å². The van der Waals surface area contributed by atoms with Crippen LogP contribution in [-0.4, -0.2) is 28.6 Å². The molecule has 0 spiro atoms. The van der Waals surface area contributed by atoms with E-state index in [0.29, 0.717) is 30.1 Å². The number of aryl methyl sites for hydroxylation is 1. The Morgan fingerprint density at radius 1 is 1.45 bits per heavy atom. The highest BCUT2D eigenvalue weighted by molar-refractivity contribution is 6.01. The topological polar surface area (TPSA) is 87.0 Å². The average Bonchev–Trinajstić information content (AvgIpc) is 2.69. The van der Waals surface area contributed by atoms with Crippen molar-refractivity contribution in [2.24, 2.45) is 7.05 Å². The van der Waals surface area contributed by atoms with Gasteiger partial charge in [0.25, 0.3) is 5.91 Å². The summed E-state index contributed by atoms with van der Waals surface area (Å²) in [5.74, 6) is -0.454. The lowest BCUT2D eigenvalue weighted by molar-refractivity contribution is -0.111. The molecule has 1 aromatic rings. The predicted molar refractivity (Wildman–Crippen MR) is 79.2 cm³/mol. The van der Waals surface area contributed by atoms with Gasteiger partial charge in [0.2, 0.25) is 5.91 Å². The predicted octanol–water partition coefficient (Wildman–Crippen LogP) is 1.70. The number of carbonyl (C=O) groups is 2. The maximum absolute atomic E-state index is 11.9. The van der Waals surface area contributed by atoms with Crippen LogP contribution in [0.4, 0.5) is 5.69 Å². The van der Waals surface area contributed by atoms with Crippen LogP contribution in [0.25, 0.3) is 0 Å². The SMILES string of the molecule is C/C=C/C(=O)Nc1cc(C(=O)NCCC(C)=N)n(C)c1. The number of nitrogens with one attached hydrogen (secondary N) is 3. The van der Waals surface area contributed by atoms with Crippen molar-refractivity contribution in [3.8, 4) is 0 Å². The second kappa shape index (κ2) is 7.28. The Hall–Kier alpha value is -2.37. The molecule has 108 valence electrons. The number of nitrogens with zero attached hydrogens (tertiary/aromatic N) is 1. The third-order valence-electron chi connectivity index (χ3n) is 2.61. The van der Waals surface area contributed by atoms with Gasteiger partial charge in [0.05, 0.1) is 5.69 Å². The maximum Gasteiger partial charge on any atom is 0.267 e. The van der Waals surface area contributed by atoms with Gasteiger partial charge >= 0.3 is 0 Å². The molecule has 0 atom stereocenters.